The summed E-state index contributed by atoms with van der Waals surface area (Å²) in [5.41, 5.74) is 5.14. The van der Waals surface area contributed by atoms with Gasteiger partial charge in [0.2, 0.25) is 0 Å². The molecule has 1 aromatic heterocycles. The zero-order valence-electron chi connectivity index (χ0n) is 18.0. The van der Waals surface area contributed by atoms with Gasteiger partial charge in [0.1, 0.15) is 18.5 Å². The highest BCUT2D eigenvalue weighted by molar-refractivity contribution is 5.29. The molecule has 2 N–H and O–H groups in total. The average Bonchev–Trinajstić information content (AvgIpc) is 3.16. The monoisotopic (exact) mass is 414 g/mol. The van der Waals surface area contributed by atoms with Gasteiger partial charge in [-0.1, -0.05) is 12.1 Å². The van der Waals surface area contributed by atoms with Crippen molar-refractivity contribution in [3.8, 4) is 5.75 Å². The van der Waals surface area contributed by atoms with Gasteiger partial charge in [-0.2, -0.15) is 5.10 Å². The number of aliphatic hydroxyl groups excluding tert-OH is 1. The number of aromatic amines is 1. The van der Waals surface area contributed by atoms with Crippen LogP contribution in [0.5, 0.6) is 5.75 Å². The van der Waals surface area contributed by atoms with Gasteiger partial charge in [0.25, 0.3) is 0 Å². The number of aryl methyl sites for hydroxylation is 1. The molecular weight excluding hydrogens is 380 g/mol. The number of nitrogens with zero attached hydrogens (tertiary/aromatic N) is 3. The quantitative estimate of drug-likeness (QED) is 0.654. The molecule has 164 valence electrons. The molecule has 1 atom stereocenters. The van der Waals surface area contributed by atoms with Crippen molar-refractivity contribution in [2.45, 2.75) is 44.9 Å². The smallest absolute Gasteiger partial charge is 0.119 e. The van der Waals surface area contributed by atoms with E-state index in [2.05, 4.69) is 39.2 Å². The first-order chi connectivity index (χ1) is 14.7. The SMILES string of the molecule is CN(Cc1cccc(OCC(O)CN2CCOCC2)c1)Cc1n[nH]c2c1CCCC2. The van der Waals surface area contributed by atoms with Crippen molar-refractivity contribution in [1.82, 2.24) is 20.0 Å². The number of benzene rings is 1. The maximum Gasteiger partial charge on any atom is 0.119 e. The third-order valence-electron chi connectivity index (χ3n) is 5.93. The average molecular weight is 415 g/mol. The Balaban J connectivity index is 1.26. The Morgan fingerprint density at radius 2 is 2.07 bits per heavy atom. The van der Waals surface area contributed by atoms with Gasteiger partial charge in [0.05, 0.1) is 18.9 Å². The summed E-state index contributed by atoms with van der Waals surface area (Å²) in [7, 11) is 2.13. The Kier molecular flexibility index (Phi) is 7.38. The van der Waals surface area contributed by atoms with Crippen LogP contribution in [0.2, 0.25) is 0 Å². The molecule has 1 aromatic carbocycles. The predicted molar refractivity (Wildman–Crippen MR) is 116 cm³/mol. The lowest BCUT2D eigenvalue weighted by Gasteiger charge is -2.28. The van der Waals surface area contributed by atoms with Crippen molar-refractivity contribution >= 4 is 0 Å². The second-order valence-corrected chi connectivity index (χ2v) is 8.53. The molecule has 0 spiro atoms. The molecule has 0 radical (unpaired) electrons. The first-order valence-corrected chi connectivity index (χ1v) is 11.1. The van der Waals surface area contributed by atoms with Crippen LogP contribution in [0, 0.1) is 0 Å². The van der Waals surface area contributed by atoms with Crippen molar-refractivity contribution in [1.29, 1.82) is 0 Å². The van der Waals surface area contributed by atoms with E-state index in [0.717, 1.165) is 58.0 Å². The van der Waals surface area contributed by atoms with E-state index in [1.807, 2.05) is 12.1 Å². The predicted octanol–water partition coefficient (Wildman–Crippen LogP) is 1.99. The second kappa shape index (κ2) is 10.4. The summed E-state index contributed by atoms with van der Waals surface area (Å²) in [4.78, 5) is 4.51. The van der Waals surface area contributed by atoms with E-state index >= 15 is 0 Å². The van der Waals surface area contributed by atoms with E-state index in [4.69, 9.17) is 9.47 Å². The molecule has 0 bridgehead atoms. The number of aliphatic hydroxyl groups is 1. The topological polar surface area (TPSA) is 73.8 Å². The number of H-pyrrole nitrogens is 1. The lowest BCUT2D eigenvalue weighted by atomic mass is 9.96. The Bertz CT molecular complexity index is 803. The van der Waals surface area contributed by atoms with Crippen LogP contribution < -0.4 is 4.74 Å². The summed E-state index contributed by atoms with van der Waals surface area (Å²) < 4.78 is 11.2. The fraction of sp³-hybridized carbons (Fsp3) is 0.609. The normalized spacial score (nSPS) is 18.4. The van der Waals surface area contributed by atoms with Crippen LogP contribution in [0.25, 0.3) is 0 Å². The van der Waals surface area contributed by atoms with Crippen molar-refractivity contribution < 1.29 is 14.6 Å². The van der Waals surface area contributed by atoms with Crippen LogP contribution in [0.3, 0.4) is 0 Å². The van der Waals surface area contributed by atoms with E-state index in [0.29, 0.717) is 13.2 Å². The molecule has 1 saturated heterocycles. The van der Waals surface area contributed by atoms with E-state index in [9.17, 15) is 5.11 Å². The van der Waals surface area contributed by atoms with Crippen molar-refractivity contribution in [2.75, 3.05) is 46.5 Å². The number of nitrogens with one attached hydrogen (secondary N) is 1. The first kappa shape index (κ1) is 21.3. The van der Waals surface area contributed by atoms with E-state index in [1.54, 1.807) is 0 Å². The number of β-amino-alcohol motifs (C(OH)–C–C–N with tert-alkyl or cyclic N) is 1. The Morgan fingerprint density at radius 1 is 1.23 bits per heavy atom. The molecule has 7 nitrogen and oxygen atoms in total. The molecule has 1 fully saturated rings. The highest BCUT2D eigenvalue weighted by Gasteiger charge is 2.18. The van der Waals surface area contributed by atoms with Crippen LogP contribution in [-0.2, 0) is 30.7 Å². The number of hydrogen-bond acceptors (Lipinski definition) is 6. The Morgan fingerprint density at radius 3 is 2.93 bits per heavy atom. The number of morpholine rings is 1. The standard InChI is InChI=1S/C23H34N4O3/c1-26(16-23-21-7-2-3-8-22(21)24-25-23)14-18-5-4-6-20(13-18)30-17-19(28)15-27-9-11-29-12-10-27/h4-6,13,19,28H,2-3,7-12,14-17H2,1H3,(H,24,25). The molecule has 2 heterocycles. The largest absolute Gasteiger partial charge is 0.491 e. The molecule has 2 aromatic rings. The number of hydrogen-bond donors (Lipinski definition) is 2. The van der Waals surface area contributed by atoms with E-state index in [1.165, 1.54) is 35.4 Å². The van der Waals surface area contributed by atoms with Crippen molar-refractivity contribution in [3.05, 3.63) is 46.8 Å². The van der Waals surface area contributed by atoms with Gasteiger partial charge < -0.3 is 14.6 Å². The molecule has 4 rings (SSSR count). The van der Waals surface area contributed by atoms with Gasteiger partial charge in [-0.15, -0.1) is 0 Å². The van der Waals surface area contributed by atoms with Gasteiger partial charge in [0.15, 0.2) is 0 Å². The fourth-order valence-electron chi connectivity index (χ4n) is 4.36. The first-order valence-electron chi connectivity index (χ1n) is 11.1. The minimum atomic E-state index is -0.500. The molecule has 1 aliphatic heterocycles. The summed E-state index contributed by atoms with van der Waals surface area (Å²) in [5, 5.41) is 18.1. The molecule has 0 saturated carbocycles. The van der Waals surface area contributed by atoms with E-state index < -0.39 is 6.10 Å². The highest BCUT2D eigenvalue weighted by atomic mass is 16.5. The van der Waals surface area contributed by atoms with Crippen molar-refractivity contribution in [2.24, 2.45) is 0 Å². The van der Waals surface area contributed by atoms with Crippen molar-refractivity contribution in [3.63, 3.8) is 0 Å². The third-order valence-corrected chi connectivity index (χ3v) is 5.93. The van der Waals surface area contributed by atoms with Crippen LogP contribution in [-0.4, -0.2) is 77.7 Å². The highest BCUT2D eigenvalue weighted by Crippen LogP contribution is 2.23. The molecule has 1 unspecified atom stereocenters. The molecule has 1 aliphatic carbocycles. The third kappa shape index (κ3) is 5.82. The summed E-state index contributed by atoms with van der Waals surface area (Å²) in [6.07, 6.45) is 4.30. The molecular formula is C23H34N4O3. The van der Waals surface area contributed by atoms with Crippen LogP contribution in [0.1, 0.15) is 35.4 Å². The Hall–Kier alpha value is -1.93. The van der Waals surface area contributed by atoms with Gasteiger partial charge >= 0.3 is 0 Å². The van der Waals surface area contributed by atoms with Gasteiger partial charge in [-0.3, -0.25) is 14.9 Å². The van der Waals surface area contributed by atoms with Gasteiger partial charge in [-0.05, 0) is 56.0 Å². The number of aromatic nitrogens is 2. The molecule has 30 heavy (non-hydrogen) atoms. The van der Waals surface area contributed by atoms with Crippen LogP contribution in [0.15, 0.2) is 24.3 Å². The Labute approximate surface area is 179 Å². The number of rotatable bonds is 9. The molecule has 7 heteroatoms. The fourth-order valence-corrected chi connectivity index (χ4v) is 4.36. The zero-order valence-corrected chi connectivity index (χ0v) is 18.0. The summed E-state index contributed by atoms with van der Waals surface area (Å²) >= 11 is 0. The van der Waals surface area contributed by atoms with Crippen LogP contribution in [0.4, 0.5) is 0 Å². The summed E-state index contributed by atoms with van der Waals surface area (Å²) in [5.74, 6) is 0.805. The van der Waals surface area contributed by atoms with Gasteiger partial charge in [-0.25, -0.2) is 0 Å². The minimum Gasteiger partial charge on any atom is -0.491 e. The number of ether oxygens (including phenoxy) is 2. The minimum absolute atomic E-state index is 0.302. The lowest BCUT2D eigenvalue weighted by Crippen LogP contribution is -2.42. The second-order valence-electron chi connectivity index (χ2n) is 8.53. The van der Waals surface area contributed by atoms with Gasteiger partial charge in [0, 0.05) is 38.4 Å². The maximum atomic E-state index is 10.3. The molecule has 2 aliphatic rings. The number of fused-ring (bicyclic) bond motifs is 1. The maximum absolute atomic E-state index is 10.3. The van der Waals surface area contributed by atoms with E-state index in [-0.39, 0.29) is 0 Å². The summed E-state index contributed by atoms with van der Waals surface area (Å²) in [6, 6.07) is 8.16. The molecule has 0 amide bonds. The summed E-state index contributed by atoms with van der Waals surface area (Å²) in [6.45, 7) is 5.82. The zero-order chi connectivity index (χ0) is 20.8. The lowest BCUT2D eigenvalue weighted by molar-refractivity contribution is 0.00464. The van der Waals surface area contributed by atoms with Crippen LogP contribution >= 0.6 is 0 Å².